The van der Waals surface area contributed by atoms with Gasteiger partial charge in [0.05, 0.1) is 13.2 Å². The fourth-order valence-corrected chi connectivity index (χ4v) is 8.46. The van der Waals surface area contributed by atoms with Crippen LogP contribution in [0.4, 0.5) is 0 Å². The van der Waals surface area contributed by atoms with Crippen LogP contribution in [0.1, 0.15) is 181 Å². The van der Waals surface area contributed by atoms with Crippen LogP contribution in [-0.2, 0) is 0 Å². The van der Waals surface area contributed by atoms with Crippen molar-refractivity contribution in [1.82, 2.24) is 0 Å². The van der Waals surface area contributed by atoms with Crippen molar-refractivity contribution in [2.24, 2.45) is 0 Å². The second kappa shape index (κ2) is 26.5. The maximum Gasteiger partial charge on any atom is 0.128 e. The lowest BCUT2D eigenvalue weighted by Crippen LogP contribution is -2.02. The first kappa shape index (κ1) is 41.2. The summed E-state index contributed by atoms with van der Waals surface area (Å²) in [7, 11) is 0. The topological polar surface area (TPSA) is 18.5 Å². The molecule has 2 nitrogen and oxygen atoms in total. The molecule has 0 amide bonds. The van der Waals surface area contributed by atoms with Crippen molar-refractivity contribution >= 4 is 53.4 Å². The summed E-state index contributed by atoms with van der Waals surface area (Å²) in [6.07, 6.45) is 35.5. The molecule has 0 heterocycles. The second-order valence-electron chi connectivity index (χ2n) is 14.2. The molecule has 0 unspecified atom stereocenters. The second-order valence-corrected chi connectivity index (χ2v) is 15.8. The molecule has 0 radical (unpaired) electrons. The monoisotopic (exact) mass is 786 g/mol. The zero-order valence-electron chi connectivity index (χ0n) is 30.8. The van der Waals surface area contributed by atoms with Gasteiger partial charge in [-0.1, -0.05) is 192 Å². The van der Waals surface area contributed by atoms with Crippen molar-refractivity contribution in [1.29, 1.82) is 0 Å². The van der Waals surface area contributed by atoms with Gasteiger partial charge in [0.25, 0.3) is 0 Å². The smallest absolute Gasteiger partial charge is 0.128 e. The molecule has 4 heteroatoms. The zero-order valence-corrected chi connectivity index (χ0v) is 34.0. The summed E-state index contributed by atoms with van der Waals surface area (Å²) in [5, 5.41) is 4.59. The molecular formula is C44H68Br2O2. The molecule has 0 saturated carbocycles. The average Bonchev–Trinajstić information content (AvgIpc) is 3.11. The third-order valence-electron chi connectivity index (χ3n) is 9.98. The zero-order chi connectivity index (χ0) is 34.1. The molecule has 0 aliphatic carbocycles. The van der Waals surface area contributed by atoms with E-state index >= 15 is 0 Å². The van der Waals surface area contributed by atoms with Gasteiger partial charge >= 0.3 is 0 Å². The SMILES string of the molecule is CCCCCCCCCCCCCCCCCCCCOc1ccc(OCCCCCCCCCC)c2c(Br)c3ccccc3c(Br)c12. The fourth-order valence-electron chi connectivity index (χ4n) is 6.98. The van der Waals surface area contributed by atoms with Gasteiger partial charge in [0.1, 0.15) is 11.5 Å². The highest BCUT2D eigenvalue weighted by atomic mass is 79.9. The summed E-state index contributed by atoms with van der Waals surface area (Å²) >= 11 is 7.94. The van der Waals surface area contributed by atoms with E-state index in [0.29, 0.717) is 0 Å². The number of unbranched alkanes of at least 4 members (excludes halogenated alkanes) is 24. The number of ether oxygens (including phenoxy) is 2. The number of benzene rings is 3. The molecule has 0 aromatic heterocycles. The Bertz CT molecular complexity index is 1260. The van der Waals surface area contributed by atoms with Crippen LogP contribution >= 0.6 is 31.9 Å². The maximum atomic E-state index is 6.48. The largest absolute Gasteiger partial charge is 0.493 e. The lowest BCUT2D eigenvalue weighted by molar-refractivity contribution is 0.301. The Labute approximate surface area is 312 Å². The van der Waals surface area contributed by atoms with Crippen LogP contribution in [0.5, 0.6) is 11.5 Å². The van der Waals surface area contributed by atoms with Crippen LogP contribution in [0.3, 0.4) is 0 Å². The van der Waals surface area contributed by atoms with Gasteiger partial charge in [-0.2, -0.15) is 0 Å². The number of halogens is 2. The molecule has 0 N–H and O–H groups in total. The van der Waals surface area contributed by atoms with Gasteiger partial charge in [0.15, 0.2) is 0 Å². The molecule has 0 fully saturated rings. The van der Waals surface area contributed by atoms with Gasteiger partial charge in [0, 0.05) is 19.7 Å². The molecule has 0 aliphatic heterocycles. The lowest BCUT2D eigenvalue weighted by atomic mass is 10.0. The van der Waals surface area contributed by atoms with Crippen LogP contribution in [0.2, 0.25) is 0 Å². The summed E-state index contributed by atoms with van der Waals surface area (Å²) in [5.74, 6) is 1.88. The Balaban J connectivity index is 1.36. The predicted molar refractivity (Wildman–Crippen MR) is 219 cm³/mol. The van der Waals surface area contributed by atoms with Crippen molar-refractivity contribution < 1.29 is 9.47 Å². The number of rotatable bonds is 30. The Morgan fingerprint density at radius 1 is 0.375 bits per heavy atom. The Hall–Kier alpha value is -1.26. The fraction of sp³-hybridized carbons (Fsp3) is 0.682. The van der Waals surface area contributed by atoms with Crippen molar-refractivity contribution in [3.63, 3.8) is 0 Å². The maximum absolute atomic E-state index is 6.48. The molecule has 0 atom stereocenters. The van der Waals surface area contributed by atoms with E-state index in [2.05, 4.69) is 82.1 Å². The standard InChI is InChI=1S/C44H68Br2O2/c1-3-5-7-9-11-13-14-15-16-17-18-19-20-21-22-24-26-30-36-48-40-34-33-39(47-35-29-25-23-12-10-8-6-4-2)41-42(40)44(46)38-32-28-27-31-37(38)43(41)45/h27-28,31-34H,3-26,29-30,35-36H2,1-2H3. The summed E-state index contributed by atoms with van der Waals surface area (Å²) in [6, 6.07) is 12.8. The van der Waals surface area contributed by atoms with Crippen molar-refractivity contribution in [3.05, 3.63) is 45.3 Å². The molecule has 48 heavy (non-hydrogen) atoms. The van der Waals surface area contributed by atoms with Crippen LogP contribution in [0, 0.1) is 0 Å². The highest BCUT2D eigenvalue weighted by Gasteiger charge is 2.19. The molecule has 3 aromatic rings. The van der Waals surface area contributed by atoms with Crippen LogP contribution in [-0.4, -0.2) is 13.2 Å². The molecule has 0 bridgehead atoms. The van der Waals surface area contributed by atoms with Gasteiger partial charge in [0.2, 0.25) is 0 Å². The van der Waals surface area contributed by atoms with Crippen LogP contribution in [0.15, 0.2) is 45.3 Å². The van der Waals surface area contributed by atoms with Crippen molar-refractivity contribution in [3.8, 4) is 11.5 Å². The van der Waals surface area contributed by atoms with Crippen LogP contribution < -0.4 is 9.47 Å². The van der Waals surface area contributed by atoms with Crippen LogP contribution in [0.25, 0.3) is 21.5 Å². The summed E-state index contributed by atoms with van der Waals surface area (Å²) < 4.78 is 15.1. The van der Waals surface area contributed by atoms with Gasteiger partial charge in [-0.15, -0.1) is 0 Å². The van der Waals surface area contributed by atoms with E-state index in [-0.39, 0.29) is 0 Å². The molecule has 270 valence electrons. The van der Waals surface area contributed by atoms with E-state index in [9.17, 15) is 0 Å². The molecular weight excluding hydrogens is 720 g/mol. The van der Waals surface area contributed by atoms with E-state index < -0.39 is 0 Å². The minimum Gasteiger partial charge on any atom is -0.493 e. The number of hydrogen-bond donors (Lipinski definition) is 0. The predicted octanol–water partition coefficient (Wildman–Crippen LogP) is 16.5. The summed E-state index contributed by atoms with van der Waals surface area (Å²) in [5.41, 5.74) is 0. The first-order valence-electron chi connectivity index (χ1n) is 20.3. The van der Waals surface area contributed by atoms with Gasteiger partial charge < -0.3 is 9.47 Å². The highest BCUT2D eigenvalue weighted by Crippen LogP contribution is 2.47. The molecule has 3 aromatic carbocycles. The minimum atomic E-state index is 0.750. The van der Waals surface area contributed by atoms with Gasteiger partial charge in [-0.05, 0) is 67.6 Å². The Morgan fingerprint density at radius 2 is 0.646 bits per heavy atom. The normalized spacial score (nSPS) is 11.6. The minimum absolute atomic E-state index is 0.750. The van der Waals surface area contributed by atoms with E-state index in [1.807, 2.05) is 0 Å². The number of fused-ring (bicyclic) bond motifs is 2. The molecule has 0 saturated heterocycles. The average molecular weight is 789 g/mol. The van der Waals surface area contributed by atoms with Gasteiger partial charge in [-0.25, -0.2) is 0 Å². The molecule has 0 aliphatic rings. The van der Waals surface area contributed by atoms with E-state index in [4.69, 9.17) is 9.47 Å². The third-order valence-corrected chi connectivity index (χ3v) is 11.6. The highest BCUT2D eigenvalue weighted by molar-refractivity contribution is 9.11. The molecule has 0 spiro atoms. The van der Waals surface area contributed by atoms with Crippen molar-refractivity contribution in [2.75, 3.05) is 13.2 Å². The molecule has 3 rings (SSSR count). The van der Waals surface area contributed by atoms with E-state index in [1.165, 1.54) is 165 Å². The number of hydrogen-bond acceptors (Lipinski definition) is 2. The quantitative estimate of drug-likeness (QED) is 0.0495. The first-order chi connectivity index (χ1) is 23.7. The van der Waals surface area contributed by atoms with E-state index in [1.54, 1.807) is 0 Å². The van der Waals surface area contributed by atoms with Gasteiger partial charge in [-0.3, -0.25) is 0 Å². The lowest BCUT2D eigenvalue weighted by Gasteiger charge is -2.18. The summed E-state index contributed by atoms with van der Waals surface area (Å²) in [6.45, 7) is 6.08. The third kappa shape index (κ3) is 15.3. The summed E-state index contributed by atoms with van der Waals surface area (Å²) in [4.78, 5) is 0. The van der Waals surface area contributed by atoms with Crippen molar-refractivity contribution in [2.45, 2.75) is 181 Å². The first-order valence-corrected chi connectivity index (χ1v) is 21.9. The Kier molecular flexibility index (Phi) is 22.8. The Morgan fingerprint density at radius 3 is 0.938 bits per heavy atom. The van der Waals surface area contributed by atoms with E-state index in [0.717, 1.165) is 57.3 Å².